The molecule has 1 fully saturated rings. The molecule has 4 atom stereocenters. The highest BCUT2D eigenvalue weighted by molar-refractivity contribution is 6.00. The van der Waals surface area contributed by atoms with Crippen molar-refractivity contribution < 1.29 is 4.90 Å². The lowest BCUT2D eigenvalue weighted by molar-refractivity contribution is -0.897. The Bertz CT molecular complexity index is 821. The maximum atomic E-state index is 9.91. The van der Waals surface area contributed by atoms with E-state index < -0.39 is 17.3 Å². The fourth-order valence-electron chi connectivity index (χ4n) is 4.20. The van der Waals surface area contributed by atoms with Gasteiger partial charge in [-0.1, -0.05) is 0 Å². The van der Waals surface area contributed by atoms with E-state index in [2.05, 4.69) is 30.1 Å². The Morgan fingerprint density at radius 1 is 1.28 bits per heavy atom. The Kier molecular flexibility index (Phi) is 4.36. The molecule has 1 aliphatic carbocycles. The molecule has 1 aromatic rings. The summed E-state index contributed by atoms with van der Waals surface area (Å²) in [7, 11) is 0. The predicted octanol–water partition coefficient (Wildman–Crippen LogP) is 0.833. The van der Waals surface area contributed by atoms with Crippen LogP contribution >= 0.6 is 0 Å². The van der Waals surface area contributed by atoms with Crippen LogP contribution in [0.3, 0.4) is 0 Å². The number of nitriles is 3. The minimum absolute atomic E-state index is 0.0933. The largest absolute Gasteiger partial charge is 0.331 e. The molecule has 2 N–H and O–H groups in total. The molecule has 1 aliphatic heterocycles. The van der Waals surface area contributed by atoms with Gasteiger partial charge in [-0.25, -0.2) is 0 Å². The van der Waals surface area contributed by atoms with E-state index in [0.29, 0.717) is 0 Å². The molecule has 2 heterocycles. The van der Waals surface area contributed by atoms with Gasteiger partial charge >= 0.3 is 0 Å². The molecule has 0 bridgehead atoms. The number of pyridine rings is 1. The van der Waals surface area contributed by atoms with Crippen molar-refractivity contribution in [3.8, 4) is 18.2 Å². The van der Waals surface area contributed by atoms with E-state index in [1.807, 2.05) is 18.2 Å². The number of hydrogen-bond donors (Lipinski definition) is 2. The van der Waals surface area contributed by atoms with Crippen LogP contribution in [-0.4, -0.2) is 30.3 Å². The monoisotopic (exact) mass is 331 g/mol. The smallest absolute Gasteiger partial charge is 0.189 e. The number of nitrogens with one attached hydrogen (secondary N) is 2. The highest BCUT2D eigenvalue weighted by Crippen LogP contribution is 2.52. The lowest BCUT2D eigenvalue weighted by atomic mass is 9.54. The topological polar surface area (TPSA) is 113 Å². The van der Waals surface area contributed by atoms with Gasteiger partial charge in [-0.05, 0) is 36.3 Å². The summed E-state index contributed by atoms with van der Waals surface area (Å²) in [4.78, 5) is 5.38. The van der Waals surface area contributed by atoms with Crippen LogP contribution in [0, 0.1) is 56.7 Å². The number of aromatic nitrogens is 1. The van der Waals surface area contributed by atoms with E-state index in [-0.39, 0.29) is 11.6 Å². The second-order valence-electron chi connectivity index (χ2n) is 6.59. The second-order valence-corrected chi connectivity index (χ2v) is 6.59. The standard InChI is InChI=1S/C19H18N6/c1-2-25-8-5-14-15(9-20)18(23)19(11-21,12-22)17(16(14)10-25)13-3-6-24-7-4-13/h3-7,15-17,23H,2,8,10H2,1H3/p+1/t15?,16-,17-/m0/s1. The van der Waals surface area contributed by atoms with Gasteiger partial charge in [0.05, 0.1) is 43.6 Å². The second kappa shape index (κ2) is 6.48. The Balaban J connectivity index is 2.24. The molecule has 0 amide bonds. The summed E-state index contributed by atoms with van der Waals surface area (Å²) in [6.45, 7) is 4.60. The molecule has 1 aromatic heterocycles. The third-order valence-electron chi connectivity index (χ3n) is 5.53. The average molecular weight is 331 g/mol. The van der Waals surface area contributed by atoms with E-state index in [1.54, 1.807) is 12.4 Å². The number of fused-ring (bicyclic) bond motifs is 1. The summed E-state index contributed by atoms with van der Waals surface area (Å²) >= 11 is 0. The normalized spacial score (nSPS) is 30.2. The van der Waals surface area contributed by atoms with Crippen LogP contribution in [0.5, 0.6) is 0 Å². The molecule has 124 valence electrons. The zero-order valence-electron chi connectivity index (χ0n) is 14.0. The van der Waals surface area contributed by atoms with Crippen molar-refractivity contribution in [1.82, 2.24) is 4.98 Å². The minimum atomic E-state index is -1.63. The zero-order chi connectivity index (χ0) is 18.0. The van der Waals surface area contributed by atoms with Crippen molar-refractivity contribution in [2.75, 3.05) is 19.6 Å². The first-order valence-electron chi connectivity index (χ1n) is 8.37. The first-order valence-corrected chi connectivity index (χ1v) is 8.37. The van der Waals surface area contributed by atoms with Crippen molar-refractivity contribution >= 4 is 5.71 Å². The third-order valence-corrected chi connectivity index (χ3v) is 5.53. The lowest BCUT2D eigenvalue weighted by Crippen LogP contribution is -3.13. The predicted molar refractivity (Wildman–Crippen MR) is 90.3 cm³/mol. The van der Waals surface area contributed by atoms with Crippen molar-refractivity contribution in [2.45, 2.75) is 12.8 Å². The SMILES string of the molecule is CC[NH+]1CC=C2C(C#N)C(=N)C(C#N)(C#N)[C@@H](c3ccncc3)[C@H]2C1. The molecule has 2 unspecified atom stereocenters. The van der Waals surface area contributed by atoms with Crippen LogP contribution in [0.25, 0.3) is 0 Å². The van der Waals surface area contributed by atoms with Gasteiger partial charge in [0.25, 0.3) is 0 Å². The maximum absolute atomic E-state index is 9.91. The number of quaternary nitrogens is 1. The Labute approximate surface area is 147 Å². The van der Waals surface area contributed by atoms with Crippen molar-refractivity contribution in [1.29, 1.82) is 21.2 Å². The first kappa shape index (κ1) is 16.8. The van der Waals surface area contributed by atoms with Crippen LogP contribution in [0.15, 0.2) is 36.2 Å². The van der Waals surface area contributed by atoms with Crippen molar-refractivity contribution in [2.24, 2.45) is 17.3 Å². The van der Waals surface area contributed by atoms with Crippen LogP contribution in [0.4, 0.5) is 0 Å². The summed E-state index contributed by atoms with van der Waals surface area (Å²) in [5, 5.41) is 38.0. The van der Waals surface area contributed by atoms with Gasteiger partial charge in [-0.2, -0.15) is 15.8 Å². The maximum Gasteiger partial charge on any atom is 0.189 e. The molecule has 3 rings (SSSR count). The van der Waals surface area contributed by atoms with E-state index >= 15 is 0 Å². The van der Waals surface area contributed by atoms with Gasteiger partial charge < -0.3 is 10.3 Å². The Morgan fingerprint density at radius 2 is 1.96 bits per heavy atom. The summed E-state index contributed by atoms with van der Waals surface area (Å²) < 4.78 is 0. The van der Waals surface area contributed by atoms with Gasteiger partial charge in [-0.15, -0.1) is 0 Å². The molecule has 0 aromatic carbocycles. The zero-order valence-corrected chi connectivity index (χ0v) is 14.0. The highest BCUT2D eigenvalue weighted by Gasteiger charge is 2.58. The summed E-state index contributed by atoms with van der Waals surface area (Å²) in [6, 6.07) is 9.99. The summed E-state index contributed by atoms with van der Waals surface area (Å²) in [5.74, 6) is -1.36. The van der Waals surface area contributed by atoms with Gasteiger partial charge in [-0.3, -0.25) is 4.98 Å². The molecular formula is C19H19N6+. The molecular weight excluding hydrogens is 312 g/mol. The highest BCUT2D eigenvalue weighted by atomic mass is 15.1. The number of rotatable bonds is 2. The molecule has 6 heteroatoms. The Morgan fingerprint density at radius 3 is 2.52 bits per heavy atom. The van der Waals surface area contributed by atoms with Crippen LogP contribution in [-0.2, 0) is 0 Å². The molecule has 25 heavy (non-hydrogen) atoms. The molecule has 6 nitrogen and oxygen atoms in total. The molecule has 0 saturated heterocycles. The van der Waals surface area contributed by atoms with Crippen LogP contribution in [0.1, 0.15) is 18.4 Å². The average Bonchev–Trinajstić information content (AvgIpc) is 2.67. The number of hydrogen-bond acceptors (Lipinski definition) is 5. The fraction of sp³-hybridized carbons (Fsp3) is 0.421. The van der Waals surface area contributed by atoms with Crippen LogP contribution in [0.2, 0.25) is 0 Å². The van der Waals surface area contributed by atoms with E-state index in [0.717, 1.165) is 30.8 Å². The van der Waals surface area contributed by atoms with Gasteiger partial charge in [0.2, 0.25) is 0 Å². The quantitative estimate of drug-likeness (QED) is 0.782. The molecule has 1 saturated carbocycles. The molecule has 2 aliphatic rings. The van der Waals surface area contributed by atoms with E-state index in [1.165, 1.54) is 4.90 Å². The van der Waals surface area contributed by atoms with Gasteiger partial charge in [0, 0.05) is 24.2 Å². The summed E-state index contributed by atoms with van der Waals surface area (Å²) in [6.07, 6.45) is 5.33. The molecule has 0 spiro atoms. The van der Waals surface area contributed by atoms with Gasteiger partial charge in [0.1, 0.15) is 5.92 Å². The summed E-state index contributed by atoms with van der Waals surface area (Å²) in [5.41, 5.74) is 0.00401. The lowest BCUT2D eigenvalue weighted by Gasteiger charge is -2.46. The van der Waals surface area contributed by atoms with E-state index in [9.17, 15) is 15.8 Å². The molecule has 0 radical (unpaired) electrons. The Hall–Kier alpha value is -3.01. The fourth-order valence-corrected chi connectivity index (χ4v) is 4.20. The van der Waals surface area contributed by atoms with Crippen LogP contribution < -0.4 is 4.90 Å². The minimum Gasteiger partial charge on any atom is -0.331 e. The van der Waals surface area contributed by atoms with Crippen molar-refractivity contribution in [3.05, 3.63) is 41.7 Å². The van der Waals surface area contributed by atoms with Crippen molar-refractivity contribution in [3.63, 3.8) is 0 Å². The first-order chi connectivity index (χ1) is 12.1. The van der Waals surface area contributed by atoms with Gasteiger partial charge in [0.15, 0.2) is 5.41 Å². The van der Waals surface area contributed by atoms with E-state index in [4.69, 9.17) is 5.41 Å². The number of nitrogens with zero attached hydrogens (tertiary/aromatic N) is 4. The third kappa shape index (κ3) is 2.41. The number of likely N-dealkylation sites (N-methyl/N-ethyl adjacent to an activating group) is 1.